The predicted molar refractivity (Wildman–Crippen MR) is 61.9 cm³/mol. The standard InChI is InChI=1S/C10H17N3S/c1-13(8-12-11)7-9-3-5-10(14-2)6-4-9/h3-6,12H,7-8,11H2,1-2H3. The van der Waals surface area contributed by atoms with E-state index < -0.39 is 0 Å². The van der Waals surface area contributed by atoms with Crippen LogP contribution >= 0.6 is 11.8 Å². The molecular weight excluding hydrogens is 194 g/mol. The zero-order valence-corrected chi connectivity index (χ0v) is 9.47. The van der Waals surface area contributed by atoms with Gasteiger partial charge < -0.3 is 0 Å². The number of hydrazine groups is 1. The fourth-order valence-corrected chi connectivity index (χ4v) is 1.66. The number of nitrogens with two attached hydrogens (primary N) is 1. The Morgan fingerprint density at radius 2 is 2.00 bits per heavy atom. The summed E-state index contributed by atoms with van der Waals surface area (Å²) in [6.07, 6.45) is 2.08. The summed E-state index contributed by atoms with van der Waals surface area (Å²) in [5, 5.41) is 0. The molecule has 4 heteroatoms. The maximum atomic E-state index is 5.23. The van der Waals surface area contributed by atoms with E-state index in [1.54, 1.807) is 11.8 Å². The molecule has 0 radical (unpaired) electrons. The van der Waals surface area contributed by atoms with E-state index in [9.17, 15) is 0 Å². The van der Waals surface area contributed by atoms with Crippen molar-refractivity contribution in [3.05, 3.63) is 29.8 Å². The molecule has 1 aromatic rings. The Balaban J connectivity index is 2.50. The third kappa shape index (κ3) is 3.67. The van der Waals surface area contributed by atoms with Crippen LogP contribution in [0.5, 0.6) is 0 Å². The molecule has 0 aliphatic rings. The molecule has 0 heterocycles. The molecule has 3 N–H and O–H groups in total. The van der Waals surface area contributed by atoms with Gasteiger partial charge >= 0.3 is 0 Å². The van der Waals surface area contributed by atoms with Crippen LogP contribution in [0.1, 0.15) is 5.56 Å². The molecular formula is C10H17N3S. The van der Waals surface area contributed by atoms with Crippen LogP contribution < -0.4 is 11.3 Å². The quantitative estimate of drug-likeness (QED) is 0.333. The van der Waals surface area contributed by atoms with Gasteiger partial charge in [-0.1, -0.05) is 12.1 Å². The SMILES string of the molecule is CSc1ccc(CN(C)CNN)cc1. The highest BCUT2D eigenvalue weighted by Gasteiger charge is 1.98. The molecule has 0 atom stereocenters. The number of hydrogen-bond acceptors (Lipinski definition) is 4. The lowest BCUT2D eigenvalue weighted by Gasteiger charge is -2.15. The molecule has 1 aromatic carbocycles. The fourth-order valence-electron chi connectivity index (χ4n) is 1.25. The number of benzene rings is 1. The summed E-state index contributed by atoms with van der Waals surface area (Å²) in [6.45, 7) is 1.61. The number of nitrogens with one attached hydrogen (secondary N) is 1. The van der Waals surface area contributed by atoms with Gasteiger partial charge in [-0.2, -0.15) is 0 Å². The molecule has 0 spiro atoms. The van der Waals surface area contributed by atoms with Crippen molar-refractivity contribution in [1.29, 1.82) is 0 Å². The Labute approximate surface area is 89.6 Å². The van der Waals surface area contributed by atoms with Gasteiger partial charge in [0.15, 0.2) is 0 Å². The molecule has 0 bridgehead atoms. The van der Waals surface area contributed by atoms with E-state index >= 15 is 0 Å². The minimum Gasteiger partial charge on any atom is -0.288 e. The second kappa shape index (κ2) is 6.03. The molecule has 3 nitrogen and oxygen atoms in total. The summed E-state index contributed by atoms with van der Waals surface area (Å²) in [5.74, 6) is 5.23. The number of thioether (sulfide) groups is 1. The smallest absolute Gasteiger partial charge is 0.0612 e. The molecule has 0 unspecified atom stereocenters. The van der Waals surface area contributed by atoms with E-state index in [0.29, 0.717) is 6.67 Å². The van der Waals surface area contributed by atoms with Crippen LogP contribution in [0, 0.1) is 0 Å². The molecule has 0 aliphatic carbocycles. The molecule has 1 rings (SSSR count). The Kier molecular flexibility index (Phi) is 4.97. The first-order valence-electron chi connectivity index (χ1n) is 4.51. The van der Waals surface area contributed by atoms with Crippen LogP contribution in [0.4, 0.5) is 0 Å². The molecule has 0 aliphatic heterocycles. The second-order valence-corrected chi connectivity index (χ2v) is 4.10. The highest BCUT2D eigenvalue weighted by atomic mass is 32.2. The van der Waals surface area contributed by atoms with E-state index in [0.717, 1.165) is 6.54 Å². The van der Waals surface area contributed by atoms with E-state index in [4.69, 9.17) is 5.84 Å². The average molecular weight is 211 g/mol. The Bertz CT molecular complexity index is 261. The Hall–Kier alpha value is -0.550. The third-order valence-electron chi connectivity index (χ3n) is 1.97. The highest BCUT2D eigenvalue weighted by molar-refractivity contribution is 7.98. The van der Waals surface area contributed by atoms with Crippen LogP contribution in [-0.2, 0) is 6.54 Å². The normalized spacial score (nSPS) is 10.9. The van der Waals surface area contributed by atoms with Gasteiger partial charge in [0.25, 0.3) is 0 Å². The van der Waals surface area contributed by atoms with Crippen LogP contribution in [0.2, 0.25) is 0 Å². The molecule has 0 fully saturated rings. The van der Waals surface area contributed by atoms with Crippen molar-refractivity contribution in [3.8, 4) is 0 Å². The largest absolute Gasteiger partial charge is 0.288 e. The first-order valence-corrected chi connectivity index (χ1v) is 5.73. The summed E-state index contributed by atoms with van der Waals surface area (Å²) in [6, 6.07) is 8.59. The predicted octanol–water partition coefficient (Wildman–Crippen LogP) is 1.26. The maximum Gasteiger partial charge on any atom is 0.0612 e. The summed E-state index contributed by atoms with van der Waals surface area (Å²) in [7, 11) is 2.03. The van der Waals surface area contributed by atoms with Gasteiger partial charge in [0.05, 0.1) is 6.67 Å². The van der Waals surface area contributed by atoms with E-state index in [1.807, 2.05) is 7.05 Å². The van der Waals surface area contributed by atoms with E-state index in [2.05, 4.69) is 40.8 Å². The van der Waals surface area contributed by atoms with Crippen molar-refractivity contribution in [2.75, 3.05) is 20.0 Å². The molecule has 14 heavy (non-hydrogen) atoms. The highest BCUT2D eigenvalue weighted by Crippen LogP contribution is 2.15. The molecule has 0 saturated heterocycles. The minimum atomic E-state index is 0.699. The number of hydrogen-bond donors (Lipinski definition) is 2. The summed E-state index contributed by atoms with van der Waals surface area (Å²) < 4.78 is 0. The van der Waals surface area contributed by atoms with Gasteiger partial charge in [-0.05, 0) is 31.0 Å². The maximum absolute atomic E-state index is 5.23. The van der Waals surface area contributed by atoms with Crippen molar-refractivity contribution in [2.45, 2.75) is 11.4 Å². The van der Waals surface area contributed by atoms with Gasteiger partial charge in [0.2, 0.25) is 0 Å². The van der Waals surface area contributed by atoms with Crippen molar-refractivity contribution in [1.82, 2.24) is 10.3 Å². The summed E-state index contributed by atoms with van der Waals surface area (Å²) >= 11 is 1.76. The first-order chi connectivity index (χ1) is 6.76. The lowest BCUT2D eigenvalue weighted by atomic mass is 10.2. The van der Waals surface area contributed by atoms with Crippen molar-refractivity contribution >= 4 is 11.8 Å². The lowest BCUT2D eigenvalue weighted by molar-refractivity contribution is 0.301. The zero-order chi connectivity index (χ0) is 10.4. The zero-order valence-electron chi connectivity index (χ0n) is 8.66. The lowest BCUT2D eigenvalue weighted by Crippen LogP contribution is -2.34. The minimum absolute atomic E-state index is 0.699. The van der Waals surface area contributed by atoms with E-state index in [1.165, 1.54) is 10.5 Å². The first kappa shape index (κ1) is 11.5. The van der Waals surface area contributed by atoms with Crippen molar-refractivity contribution < 1.29 is 0 Å². The van der Waals surface area contributed by atoms with Gasteiger partial charge in [0.1, 0.15) is 0 Å². The van der Waals surface area contributed by atoms with Gasteiger partial charge in [-0.25, -0.2) is 5.43 Å². The second-order valence-electron chi connectivity index (χ2n) is 3.22. The monoisotopic (exact) mass is 211 g/mol. The molecule has 0 amide bonds. The van der Waals surface area contributed by atoms with Gasteiger partial charge in [-0.15, -0.1) is 11.8 Å². The molecule has 78 valence electrons. The van der Waals surface area contributed by atoms with Gasteiger partial charge in [0, 0.05) is 11.4 Å². The van der Waals surface area contributed by atoms with Crippen LogP contribution in [0.3, 0.4) is 0 Å². The Morgan fingerprint density at radius 1 is 1.36 bits per heavy atom. The van der Waals surface area contributed by atoms with Crippen LogP contribution in [0.15, 0.2) is 29.2 Å². The topological polar surface area (TPSA) is 41.3 Å². The average Bonchev–Trinajstić information content (AvgIpc) is 2.19. The molecule has 0 saturated carbocycles. The fraction of sp³-hybridized carbons (Fsp3) is 0.400. The summed E-state index contributed by atoms with van der Waals surface area (Å²) in [4.78, 5) is 3.42. The number of nitrogens with zero attached hydrogens (tertiary/aromatic N) is 1. The van der Waals surface area contributed by atoms with Crippen molar-refractivity contribution in [2.24, 2.45) is 5.84 Å². The van der Waals surface area contributed by atoms with Crippen LogP contribution in [-0.4, -0.2) is 24.9 Å². The van der Waals surface area contributed by atoms with Crippen molar-refractivity contribution in [3.63, 3.8) is 0 Å². The van der Waals surface area contributed by atoms with E-state index in [-0.39, 0.29) is 0 Å². The van der Waals surface area contributed by atoms with Gasteiger partial charge in [-0.3, -0.25) is 10.7 Å². The summed E-state index contributed by atoms with van der Waals surface area (Å²) in [5.41, 5.74) is 3.94. The molecule has 0 aromatic heterocycles. The number of rotatable bonds is 5. The third-order valence-corrected chi connectivity index (χ3v) is 2.72. The van der Waals surface area contributed by atoms with Crippen LogP contribution in [0.25, 0.3) is 0 Å². The Morgan fingerprint density at radius 3 is 2.50 bits per heavy atom.